The lowest BCUT2D eigenvalue weighted by atomic mass is 10.1. The summed E-state index contributed by atoms with van der Waals surface area (Å²) in [7, 11) is 0.958. The van der Waals surface area contributed by atoms with Gasteiger partial charge in [0.25, 0.3) is 0 Å². The molecule has 0 heterocycles. The number of rotatable bonds is 4. The summed E-state index contributed by atoms with van der Waals surface area (Å²) in [5.74, 6) is -8.03. The van der Waals surface area contributed by atoms with E-state index in [4.69, 9.17) is 0 Å². The topological polar surface area (TPSA) is 9.23 Å². The largest absolute Gasteiger partial charge is 0.378 e. The summed E-state index contributed by atoms with van der Waals surface area (Å²) >= 11 is 0. The summed E-state index contributed by atoms with van der Waals surface area (Å²) in [5, 5.41) is 0. The smallest absolute Gasteiger partial charge is 0.332 e. The molecule has 0 atom stereocenters. The molecule has 0 saturated carbocycles. The van der Waals surface area contributed by atoms with Gasteiger partial charge in [-0.05, 0) is 0 Å². The third-order valence-electron chi connectivity index (χ3n) is 1.30. The molecule has 0 aromatic rings. The van der Waals surface area contributed by atoms with E-state index in [1.54, 1.807) is 0 Å². The highest BCUT2D eigenvalue weighted by molar-refractivity contribution is 4.82. The molecule has 0 N–H and O–H groups in total. The van der Waals surface area contributed by atoms with Gasteiger partial charge in [-0.25, -0.2) is 0 Å². The molecule has 0 spiro atoms. The van der Waals surface area contributed by atoms with Crippen LogP contribution in [0.1, 0.15) is 13.3 Å². The predicted octanol–water partition coefficient (Wildman–Crippen LogP) is 2.31. The SMILES string of the molecule is CCC(F)(F)C(F)(F)COC. The van der Waals surface area contributed by atoms with E-state index in [1.165, 1.54) is 0 Å². The van der Waals surface area contributed by atoms with Crippen LogP contribution in [0.2, 0.25) is 0 Å². The summed E-state index contributed by atoms with van der Waals surface area (Å²) in [6.07, 6.45) is -0.886. The molecule has 0 bridgehead atoms. The van der Waals surface area contributed by atoms with Crippen molar-refractivity contribution in [2.24, 2.45) is 0 Å². The highest BCUT2D eigenvalue weighted by Crippen LogP contribution is 2.36. The van der Waals surface area contributed by atoms with E-state index in [0.29, 0.717) is 0 Å². The molecule has 11 heavy (non-hydrogen) atoms. The highest BCUT2D eigenvalue weighted by atomic mass is 19.3. The Balaban J connectivity index is 4.26. The standard InChI is InChI=1S/C6H10F4O/c1-3-5(7,8)6(9,10)4-11-2/h3-4H2,1-2H3. The first-order valence-corrected chi connectivity index (χ1v) is 3.12. The van der Waals surface area contributed by atoms with Gasteiger partial charge in [-0.3, -0.25) is 0 Å². The van der Waals surface area contributed by atoms with Crippen LogP contribution in [0.4, 0.5) is 17.6 Å². The molecule has 0 rings (SSSR count). The van der Waals surface area contributed by atoms with Crippen molar-refractivity contribution in [1.29, 1.82) is 0 Å². The molecule has 0 unspecified atom stereocenters. The molecule has 0 radical (unpaired) electrons. The first-order valence-electron chi connectivity index (χ1n) is 3.12. The van der Waals surface area contributed by atoms with Gasteiger partial charge >= 0.3 is 11.8 Å². The average Bonchev–Trinajstić information content (AvgIpc) is 1.87. The van der Waals surface area contributed by atoms with E-state index in [0.717, 1.165) is 14.0 Å². The molecule has 1 nitrogen and oxygen atoms in total. The van der Waals surface area contributed by atoms with Crippen LogP contribution in [0.5, 0.6) is 0 Å². The molecule has 0 aliphatic heterocycles. The highest BCUT2D eigenvalue weighted by Gasteiger charge is 2.54. The lowest BCUT2D eigenvalue weighted by Crippen LogP contribution is -2.43. The van der Waals surface area contributed by atoms with E-state index in [-0.39, 0.29) is 0 Å². The number of hydrogen-bond acceptors (Lipinski definition) is 1. The second kappa shape index (κ2) is 3.38. The molecule has 5 heteroatoms. The number of methoxy groups -OCH3 is 1. The molecule has 0 aliphatic rings. The minimum Gasteiger partial charge on any atom is -0.378 e. The molecular weight excluding hydrogens is 164 g/mol. The lowest BCUT2D eigenvalue weighted by molar-refractivity contribution is -0.229. The number of alkyl halides is 4. The number of hydrogen-bond donors (Lipinski definition) is 0. The fourth-order valence-corrected chi connectivity index (χ4v) is 0.545. The predicted molar refractivity (Wildman–Crippen MR) is 32.1 cm³/mol. The van der Waals surface area contributed by atoms with Crippen LogP contribution in [0.3, 0.4) is 0 Å². The first-order chi connectivity index (χ1) is 4.87. The Morgan fingerprint density at radius 2 is 1.55 bits per heavy atom. The van der Waals surface area contributed by atoms with Crippen molar-refractivity contribution in [1.82, 2.24) is 0 Å². The monoisotopic (exact) mass is 174 g/mol. The van der Waals surface area contributed by atoms with Crippen molar-refractivity contribution in [3.8, 4) is 0 Å². The summed E-state index contributed by atoms with van der Waals surface area (Å²) in [5.41, 5.74) is 0. The maximum atomic E-state index is 12.3. The molecular formula is C6H10F4O. The third-order valence-corrected chi connectivity index (χ3v) is 1.30. The molecule has 0 fully saturated rings. The Morgan fingerprint density at radius 1 is 1.09 bits per heavy atom. The maximum absolute atomic E-state index is 12.3. The van der Waals surface area contributed by atoms with Crippen molar-refractivity contribution in [3.63, 3.8) is 0 Å². The summed E-state index contributed by atoms with van der Waals surface area (Å²) in [6, 6.07) is 0. The number of halogens is 4. The fourth-order valence-electron chi connectivity index (χ4n) is 0.545. The van der Waals surface area contributed by atoms with Gasteiger partial charge in [-0.15, -0.1) is 0 Å². The zero-order valence-electron chi connectivity index (χ0n) is 6.33. The van der Waals surface area contributed by atoms with E-state index >= 15 is 0 Å². The number of ether oxygens (including phenoxy) is 1. The summed E-state index contributed by atoms with van der Waals surface area (Å²) < 4.78 is 53.2. The molecule has 0 aromatic heterocycles. The average molecular weight is 174 g/mol. The van der Waals surface area contributed by atoms with Crippen molar-refractivity contribution in [2.75, 3.05) is 13.7 Å². The van der Waals surface area contributed by atoms with E-state index < -0.39 is 24.9 Å². The first kappa shape index (κ1) is 10.7. The maximum Gasteiger partial charge on any atom is 0.332 e. The van der Waals surface area contributed by atoms with Crippen molar-refractivity contribution in [3.05, 3.63) is 0 Å². The quantitative estimate of drug-likeness (QED) is 0.594. The van der Waals surface area contributed by atoms with Gasteiger partial charge in [0.1, 0.15) is 6.61 Å². The second-order valence-electron chi connectivity index (χ2n) is 2.20. The van der Waals surface area contributed by atoms with Crippen molar-refractivity contribution >= 4 is 0 Å². The Kier molecular flexibility index (Phi) is 3.29. The Hall–Kier alpha value is -0.320. The minimum atomic E-state index is -4.06. The van der Waals surface area contributed by atoms with Crippen LogP contribution in [0.25, 0.3) is 0 Å². The summed E-state index contributed by atoms with van der Waals surface area (Å²) in [4.78, 5) is 0. The van der Waals surface area contributed by atoms with E-state index in [2.05, 4.69) is 4.74 Å². The molecule has 0 amide bonds. The molecule has 0 aliphatic carbocycles. The van der Waals surface area contributed by atoms with Crippen LogP contribution in [0.15, 0.2) is 0 Å². The third kappa shape index (κ3) is 2.32. The second-order valence-corrected chi connectivity index (χ2v) is 2.20. The zero-order valence-corrected chi connectivity index (χ0v) is 6.33. The van der Waals surface area contributed by atoms with Crippen LogP contribution in [-0.2, 0) is 4.74 Å². The molecule has 0 saturated heterocycles. The van der Waals surface area contributed by atoms with Gasteiger partial charge in [0.2, 0.25) is 0 Å². The van der Waals surface area contributed by atoms with Crippen LogP contribution in [-0.4, -0.2) is 25.6 Å². The lowest BCUT2D eigenvalue weighted by Gasteiger charge is -2.24. The van der Waals surface area contributed by atoms with E-state index in [9.17, 15) is 17.6 Å². The normalized spacial score (nSPS) is 13.6. The van der Waals surface area contributed by atoms with E-state index in [1.807, 2.05) is 0 Å². The minimum absolute atomic E-state index is 0.886. The Labute approximate surface area is 62.3 Å². The molecule has 0 aromatic carbocycles. The van der Waals surface area contributed by atoms with Gasteiger partial charge in [0.15, 0.2) is 0 Å². The zero-order chi connectivity index (χ0) is 9.12. The molecule has 68 valence electrons. The van der Waals surface area contributed by atoms with Crippen LogP contribution < -0.4 is 0 Å². The fraction of sp³-hybridized carbons (Fsp3) is 1.00. The van der Waals surface area contributed by atoms with Crippen LogP contribution in [0, 0.1) is 0 Å². The van der Waals surface area contributed by atoms with Gasteiger partial charge in [-0.2, -0.15) is 17.6 Å². The van der Waals surface area contributed by atoms with Crippen molar-refractivity contribution in [2.45, 2.75) is 25.2 Å². The van der Waals surface area contributed by atoms with Gasteiger partial charge in [-0.1, -0.05) is 6.92 Å². The van der Waals surface area contributed by atoms with Gasteiger partial charge in [0, 0.05) is 13.5 Å². The van der Waals surface area contributed by atoms with Crippen molar-refractivity contribution < 1.29 is 22.3 Å². The Bertz CT molecular complexity index is 124. The Morgan fingerprint density at radius 3 is 1.82 bits per heavy atom. The van der Waals surface area contributed by atoms with Gasteiger partial charge < -0.3 is 4.74 Å². The van der Waals surface area contributed by atoms with Gasteiger partial charge in [0.05, 0.1) is 0 Å². The summed E-state index contributed by atoms with van der Waals surface area (Å²) in [6.45, 7) is -0.239. The van der Waals surface area contributed by atoms with Crippen LogP contribution >= 0.6 is 0 Å².